The third kappa shape index (κ3) is 4.79. The molecule has 0 radical (unpaired) electrons. The zero-order valence-corrected chi connectivity index (χ0v) is 13.3. The van der Waals surface area contributed by atoms with Crippen molar-refractivity contribution in [3.8, 4) is 0 Å². The summed E-state index contributed by atoms with van der Waals surface area (Å²) in [7, 11) is 1.53. The van der Waals surface area contributed by atoms with Crippen molar-refractivity contribution in [3.05, 3.63) is 69.8 Å². The van der Waals surface area contributed by atoms with Crippen LogP contribution in [-0.4, -0.2) is 31.1 Å². The lowest BCUT2D eigenvalue weighted by atomic mass is 10.1. The maximum Gasteiger partial charge on any atom is 0.293 e. The number of ether oxygens (including phenoxy) is 1. The summed E-state index contributed by atoms with van der Waals surface area (Å²) in [6, 6.07) is 13.9. The number of nitrogens with zero attached hydrogens (tertiary/aromatic N) is 1. The molecular formula is C17H19N3O4. The molecule has 0 unspecified atom stereocenters. The number of carbonyl (C=O) groups is 1. The van der Waals surface area contributed by atoms with Gasteiger partial charge in [-0.1, -0.05) is 30.3 Å². The minimum absolute atomic E-state index is 0.134. The van der Waals surface area contributed by atoms with Gasteiger partial charge in [-0.25, -0.2) is 0 Å². The Hall–Kier alpha value is -2.93. The van der Waals surface area contributed by atoms with Gasteiger partial charge in [-0.05, 0) is 17.7 Å². The van der Waals surface area contributed by atoms with Gasteiger partial charge in [-0.2, -0.15) is 0 Å². The molecule has 0 bridgehead atoms. The quantitative estimate of drug-likeness (QED) is 0.441. The van der Waals surface area contributed by atoms with E-state index in [0.717, 1.165) is 5.56 Å². The first kappa shape index (κ1) is 17.4. The lowest BCUT2D eigenvalue weighted by molar-refractivity contribution is -0.384. The van der Waals surface area contributed by atoms with E-state index in [9.17, 15) is 14.9 Å². The molecule has 2 N–H and O–H groups in total. The van der Waals surface area contributed by atoms with Crippen LogP contribution in [0, 0.1) is 10.1 Å². The number of hydrogen-bond donors (Lipinski definition) is 2. The Balaban J connectivity index is 2.11. The van der Waals surface area contributed by atoms with Gasteiger partial charge in [0.1, 0.15) is 5.69 Å². The Morgan fingerprint density at radius 3 is 2.62 bits per heavy atom. The lowest BCUT2D eigenvalue weighted by Gasteiger charge is -2.09. The molecule has 7 nitrogen and oxygen atoms in total. The highest BCUT2D eigenvalue weighted by atomic mass is 16.6. The maximum atomic E-state index is 12.0. The Morgan fingerprint density at radius 2 is 1.96 bits per heavy atom. The number of nitro groups is 1. The van der Waals surface area contributed by atoms with E-state index < -0.39 is 4.92 Å². The van der Waals surface area contributed by atoms with Gasteiger partial charge >= 0.3 is 0 Å². The van der Waals surface area contributed by atoms with E-state index in [2.05, 4.69) is 10.6 Å². The van der Waals surface area contributed by atoms with Gasteiger partial charge in [0.2, 0.25) is 0 Å². The molecule has 0 fully saturated rings. The minimum atomic E-state index is -0.501. The van der Waals surface area contributed by atoms with Crippen LogP contribution in [0.5, 0.6) is 0 Å². The van der Waals surface area contributed by atoms with Crippen LogP contribution in [0.2, 0.25) is 0 Å². The molecule has 1 amide bonds. The van der Waals surface area contributed by atoms with Crippen LogP contribution < -0.4 is 10.6 Å². The van der Waals surface area contributed by atoms with Crippen LogP contribution in [0.15, 0.2) is 48.5 Å². The molecule has 0 heterocycles. The number of methoxy groups -OCH3 is 1. The van der Waals surface area contributed by atoms with E-state index in [1.165, 1.54) is 13.2 Å². The Bertz CT molecular complexity index is 704. The molecular weight excluding hydrogens is 310 g/mol. The second-order valence-corrected chi connectivity index (χ2v) is 5.08. The smallest absolute Gasteiger partial charge is 0.293 e. The van der Waals surface area contributed by atoms with Gasteiger partial charge in [0, 0.05) is 31.8 Å². The van der Waals surface area contributed by atoms with Crippen LogP contribution >= 0.6 is 0 Å². The van der Waals surface area contributed by atoms with E-state index in [1.54, 1.807) is 12.1 Å². The van der Waals surface area contributed by atoms with Crippen molar-refractivity contribution in [3.63, 3.8) is 0 Å². The normalized spacial score (nSPS) is 10.2. The topological polar surface area (TPSA) is 93.5 Å². The standard InChI is InChI=1S/C17H19N3O4/c1-24-10-9-18-17(21)14-7-8-15(16(11-14)20(22)23)19-12-13-5-3-2-4-6-13/h2-8,11,19H,9-10,12H2,1H3,(H,18,21). The first-order valence-electron chi connectivity index (χ1n) is 7.45. The molecule has 0 atom stereocenters. The zero-order chi connectivity index (χ0) is 17.4. The summed E-state index contributed by atoms with van der Waals surface area (Å²) < 4.78 is 4.85. The summed E-state index contributed by atoms with van der Waals surface area (Å²) in [5.74, 6) is -0.371. The monoisotopic (exact) mass is 329 g/mol. The summed E-state index contributed by atoms with van der Waals surface area (Å²) in [4.78, 5) is 22.8. The van der Waals surface area contributed by atoms with Crippen LogP contribution in [0.1, 0.15) is 15.9 Å². The first-order chi connectivity index (χ1) is 11.6. The number of amides is 1. The van der Waals surface area contributed by atoms with Crippen molar-refractivity contribution >= 4 is 17.3 Å². The molecule has 0 spiro atoms. The fourth-order valence-electron chi connectivity index (χ4n) is 2.14. The number of rotatable bonds is 8. The first-order valence-corrected chi connectivity index (χ1v) is 7.45. The molecule has 0 saturated heterocycles. The average molecular weight is 329 g/mol. The van der Waals surface area contributed by atoms with Crippen molar-refractivity contribution < 1.29 is 14.5 Å². The number of anilines is 1. The third-order valence-corrected chi connectivity index (χ3v) is 3.37. The highest BCUT2D eigenvalue weighted by Gasteiger charge is 2.17. The molecule has 0 saturated carbocycles. The molecule has 2 aromatic rings. The molecule has 0 aliphatic carbocycles. The number of hydrogen-bond acceptors (Lipinski definition) is 5. The Kier molecular flexibility index (Phi) is 6.27. The van der Waals surface area contributed by atoms with Gasteiger partial charge in [0.05, 0.1) is 11.5 Å². The predicted octanol–water partition coefficient (Wildman–Crippen LogP) is 2.58. The second-order valence-electron chi connectivity index (χ2n) is 5.08. The molecule has 7 heteroatoms. The number of nitrogens with one attached hydrogen (secondary N) is 2. The van der Waals surface area contributed by atoms with E-state index in [-0.39, 0.29) is 17.2 Å². The lowest BCUT2D eigenvalue weighted by Crippen LogP contribution is -2.27. The van der Waals surface area contributed by atoms with Crippen molar-refractivity contribution in [2.24, 2.45) is 0 Å². The van der Waals surface area contributed by atoms with Crippen LogP contribution in [-0.2, 0) is 11.3 Å². The van der Waals surface area contributed by atoms with E-state index in [0.29, 0.717) is 25.4 Å². The summed E-state index contributed by atoms with van der Waals surface area (Å²) in [6.45, 7) is 1.18. The SMILES string of the molecule is COCCNC(=O)c1ccc(NCc2ccccc2)c([N+](=O)[O-])c1. The fraction of sp³-hybridized carbons (Fsp3) is 0.235. The van der Waals surface area contributed by atoms with Crippen LogP contribution in [0.25, 0.3) is 0 Å². The molecule has 2 rings (SSSR count). The van der Waals surface area contributed by atoms with Crippen LogP contribution in [0.4, 0.5) is 11.4 Å². The highest BCUT2D eigenvalue weighted by molar-refractivity contribution is 5.95. The summed E-state index contributed by atoms with van der Waals surface area (Å²) >= 11 is 0. The molecule has 24 heavy (non-hydrogen) atoms. The van der Waals surface area contributed by atoms with Crippen molar-refractivity contribution in [1.29, 1.82) is 0 Å². The van der Waals surface area contributed by atoms with Gasteiger partial charge in [0.25, 0.3) is 11.6 Å². The van der Waals surface area contributed by atoms with Gasteiger partial charge < -0.3 is 15.4 Å². The van der Waals surface area contributed by atoms with Gasteiger partial charge in [-0.3, -0.25) is 14.9 Å². The Labute approximate surface area is 139 Å². The fourth-order valence-corrected chi connectivity index (χ4v) is 2.14. The highest BCUT2D eigenvalue weighted by Crippen LogP contribution is 2.26. The number of carbonyl (C=O) groups excluding carboxylic acids is 1. The summed E-state index contributed by atoms with van der Waals surface area (Å²) in [5.41, 5.74) is 1.49. The number of nitro benzene ring substituents is 1. The van der Waals surface area contributed by atoms with Gasteiger partial charge in [0.15, 0.2) is 0 Å². The second kappa shape index (κ2) is 8.64. The largest absolute Gasteiger partial charge is 0.383 e. The molecule has 0 aliphatic heterocycles. The zero-order valence-electron chi connectivity index (χ0n) is 13.3. The van der Waals surface area contributed by atoms with E-state index >= 15 is 0 Å². The van der Waals surface area contributed by atoms with Crippen molar-refractivity contribution in [2.45, 2.75) is 6.54 Å². The van der Waals surface area contributed by atoms with Crippen LogP contribution in [0.3, 0.4) is 0 Å². The minimum Gasteiger partial charge on any atom is -0.383 e. The van der Waals surface area contributed by atoms with Crippen molar-refractivity contribution in [1.82, 2.24) is 5.32 Å². The Morgan fingerprint density at radius 1 is 1.21 bits per heavy atom. The van der Waals surface area contributed by atoms with Crippen molar-refractivity contribution in [2.75, 3.05) is 25.6 Å². The van der Waals surface area contributed by atoms with E-state index in [1.807, 2.05) is 30.3 Å². The molecule has 126 valence electrons. The third-order valence-electron chi connectivity index (χ3n) is 3.37. The van der Waals surface area contributed by atoms with E-state index in [4.69, 9.17) is 4.74 Å². The maximum absolute atomic E-state index is 12.0. The average Bonchev–Trinajstić information content (AvgIpc) is 2.60. The summed E-state index contributed by atoms with van der Waals surface area (Å²) in [5, 5.41) is 17.0. The van der Waals surface area contributed by atoms with Gasteiger partial charge in [-0.15, -0.1) is 0 Å². The predicted molar refractivity (Wildman–Crippen MR) is 91.1 cm³/mol. The number of benzene rings is 2. The summed E-state index contributed by atoms with van der Waals surface area (Å²) in [6.07, 6.45) is 0. The molecule has 2 aromatic carbocycles. The molecule has 0 aromatic heterocycles. The molecule has 0 aliphatic rings.